The van der Waals surface area contributed by atoms with Gasteiger partial charge in [-0.25, -0.2) is 0 Å². The molecular formula is C8H24N4OS. The molecule has 0 radical (unpaired) electrons. The monoisotopic (exact) mass is 224 g/mol. The fourth-order valence-electron chi connectivity index (χ4n) is 0.996. The van der Waals surface area contributed by atoms with E-state index in [1.807, 2.05) is 6.26 Å². The van der Waals surface area contributed by atoms with Gasteiger partial charge in [-0.3, -0.25) is 11.3 Å². The molecule has 7 N–H and O–H groups in total. The molecule has 0 aromatic rings. The highest BCUT2D eigenvalue weighted by molar-refractivity contribution is 7.98. The maximum absolute atomic E-state index is 8.50. The molecule has 1 aliphatic rings. The first kappa shape index (κ1) is 16.6. The SMILES string of the molecule is CN.CSCNN.OCC1CCCN1. The van der Waals surface area contributed by atoms with Crippen LogP contribution in [0, 0.1) is 0 Å². The molecule has 88 valence electrons. The van der Waals surface area contributed by atoms with Gasteiger partial charge in [0, 0.05) is 6.04 Å². The summed E-state index contributed by atoms with van der Waals surface area (Å²) in [7, 11) is 1.50. The molecule has 1 saturated heterocycles. The second-order valence-electron chi connectivity index (χ2n) is 2.61. The lowest BCUT2D eigenvalue weighted by molar-refractivity contribution is 0.255. The van der Waals surface area contributed by atoms with Gasteiger partial charge in [-0.2, -0.15) is 0 Å². The van der Waals surface area contributed by atoms with E-state index in [2.05, 4.69) is 16.5 Å². The molecule has 5 nitrogen and oxygen atoms in total. The fraction of sp³-hybridized carbons (Fsp3) is 1.00. The predicted molar refractivity (Wildman–Crippen MR) is 63.9 cm³/mol. The summed E-state index contributed by atoms with van der Waals surface area (Å²) in [6, 6.07) is 0.403. The molecule has 0 aromatic carbocycles. The zero-order valence-electron chi connectivity index (χ0n) is 9.12. The van der Waals surface area contributed by atoms with E-state index in [9.17, 15) is 0 Å². The molecule has 0 spiro atoms. The van der Waals surface area contributed by atoms with Gasteiger partial charge in [0.25, 0.3) is 0 Å². The minimum atomic E-state index is 0.306. The molecule has 1 rings (SSSR count). The highest BCUT2D eigenvalue weighted by atomic mass is 32.2. The molecule has 1 atom stereocenters. The standard InChI is InChI=1S/C5H11NO.C2H8N2S.CH5N/c7-4-5-2-1-3-6-5;1-5-2-4-3;1-2/h5-7H,1-4H2;4H,2-3H2,1H3;2H2,1H3. The number of hydrazine groups is 1. The molecule has 0 aliphatic carbocycles. The lowest BCUT2D eigenvalue weighted by Crippen LogP contribution is -2.24. The molecular weight excluding hydrogens is 200 g/mol. The van der Waals surface area contributed by atoms with Crippen LogP contribution in [0.2, 0.25) is 0 Å². The Hall–Kier alpha value is 0.150. The van der Waals surface area contributed by atoms with Crippen LogP contribution in [0.15, 0.2) is 0 Å². The summed E-state index contributed by atoms with van der Waals surface area (Å²) in [6.07, 6.45) is 4.36. The number of nitrogens with two attached hydrogens (primary N) is 2. The van der Waals surface area contributed by atoms with Gasteiger partial charge in [0.05, 0.1) is 12.5 Å². The molecule has 0 amide bonds. The number of rotatable bonds is 3. The summed E-state index contributed by atoms with van der Waals surface area (Å²) >= 11 is 1.67. The van der Waals surface area contributed by atoms with Gasteiger partial charge in [0.2, 0.25) is 0 Å². The molecule has 1 fully saturated rings. The highest BCUT2D eigenvalue weighted by Crippen LogP contribution is 2.02. The summed E-state index contributed by atoms with van der Waals surface area (Å²) in [4.78, 5) is 0. The Morgan fingerprint density at radius 1 is 1.57 bits per heavy atom. The average Bonchev–Trinajstić information content (AvgIpc) is 2.75. The molecule has 1 unspecified atom stereocenters. The van der Waals surface area contributed by atoms with Crippen LogP contribution in [0.4, 0.5) is 0 Å². The first-order chi connectivity index (χ1) is 6.85. The Bertz CT molecular complexity index is 89.4. The molecule has 1 heterocycles. The summed E-state index contributed by atoms with van der Waals surface area (Å²) in [5.74, 6) is 5.70. The van der Waals surface area contributed by atoms with Crippen molar-refractivity contribution in [1.82, 2.24) is 10.7 Å². The number of aliphatic hydroxyl groups excluding tert-OH is 1. The van der Waals surface area contributed by atoms with Crippen molar-refractivity contribution in [2.75, 3.05) is 32.3 Å². The first-order valence-electron chi connectivity index (χ1n) is 4.69. The van der Waals surface area contributed by atoms with Gasteiger partial charge in [-0.05, 0) is 32.7 Å². The topological polar surface area (TPSA) is 96.3 Å². The lowest BCUT2D eigenvalue weighted by Gasteiger charge is -2.01. The highest BCUT2D eigenvalue weighted by Gasteiger charge is 2.10. The minimum absolute atomic E-state index is 0.306. The van der Waals surface area contributed by atoms with Crippen molar-refractivity contribution in [3.8, 4) is 0 Å². The lowest BCUT2D eigenvalue weighted by atomic mass is 10.2. The summed E-state index contributed by atoms with van der Waals surface area (Å²) in [5.41, 5.74) is 6.98. The van der Waals surface area contributed by atoms with Crippen molar-refractivity contribution in [3.05, 3.63) is 0 Å². The molecule has 0 aromatic heterocycles. The zero-order valence-corrected chi connectivity index (χ0v) is 9.94. The van der Waals surface area contributed by atoms with E-state index in [0.29, 0.717) is 12.6 Å². The van der Waals surface area contributed by atoms with Gasteiger partial charge in [0.1, 0.15) is 0 Å². The molecule has 14 heavy (non-hydrogen) atoms. The molecule has 1 aliphatic heterocycles. The predicted octanol–water partition coefficient (Wildman–Crippen LogP) is -0.924. The Balaban J connectivity index is 0. The van der Waals surface area contributed by atoms with Crippen LogP contribution in [-0.4, -0.2) is 43.5 Å². The van der Waals surface area contributed by atoms with E-state index < -0.39 is 0 Å². The Morgan fingerprint density at radius 2 is 2.21 bits per heavy atom. The van der Waals surface area contributed by atoms with Gasteiger partial charge in [0.15, 0.2) is 0 Å². The quantitative estimate of drug-likeness (QED) is 0.242. The fourth-order valence-corrected chi connectivity index (χ4v) is 1.16. The smallest absolute Gasteiger partial charge is 0.0584 e. The third-order valence-electron chi connectivity index (χ3n) is 1.61. The van der Waals surface area contributed by atoms with Crippen LogP contribution in [0.5, 0.6) is 0 Å². The van der Waals surface area contributed by atoms with Crippen molar-refractivity contribution in [2.45, 2.75) is 18.9 Å². The van der Waals surface area contributed by atoms with Crippen molar-refractivity contribution < 1.29 is 5.11 Å². The second-order valence-corrected chi connectivity index (χ2v) is 3.48. The van der Waals surface area contributed by atoms with E-state index >= 15 is 0 Å². The van der Waals surface area contributed by atoms with E-state index in [1.165, 1.54) is 13.5 Å². The third-order valence-corrected chi connectivity index (χ3v) is 2.07. The van der Waals surface area contributed by atoms with Crippen LogP contribution >= 0.6 is 11.8 Å². The number of nitrogens with one attached hydrogen (secondary N) is 2. The number of hydrogen-bond donors (Lipinski definition) is 5. The van der Waals surface area contributed by atoms with Gasteiger partial charge < -0.3 is 16.2 Å². The van der Waals surface area contributed by atoms with Gasteiger partial charge in [-0.15, -0.1) is 11.8 Å². The molecule has 0 saturated carbocycles. The number of thioether (sulfide) groups is 1. The zero-order chi connectivity index (χ0) is 11.2. The van der Waals surface area contributed by atoms with Gasteiger partial charge >= 0.3 is 0 Å². The Labute approximate surface area is 91.0 Å². The summed E-state index contributed by atoms with van der Waals surface area (Å²) < 4.78 is 0. The summed E-state index contributed by atoms with van der Waals surface area (Å²) in [5, 5.41) is 11.7. The van der Waals surface area contributed by atoms with Crippen LogP contribution < -0.4 is 22.3 Å². The van der Waals surface area contributed by atoms with E-state index in [-0.39, 0.29) is 0 Å². The van der Waals surface area contributed by atoms with Gasteiger partial charge in [-0.1, -0.05) is 0 Å². The van der Waals surface area contributed by atoms with E-state index in [0.717, 1.165) is 18.8 Å². The third kappa shape index (κ3) is 12.2. The van der Waals surface area contributed by atoms with Crippen molar-refractivity contribution >= 4 is 11.8 Å². The van der Waals surface area contributed by atoms with Crippen molar-refractivity contribution in [2.24, 2.45) is 11.6 Å². The van der Waals surface area contributed by atoms with Crippen LogP contribution in [-0.2, 0) is 0 Å². The largest absolute Gasteiger partial charge is 0.395 e. The van der Waals surface area contributed by atoms with Crippen LogP contribution in [0.1, 0.15) is 12.8 Å². The van der Waals surface area contributed by atoms with Crippen molar-refractivity contribution in [3.63, 3.8) is 0 Å². The van der Waals surface area contributed by atoms with E-state index in [4.69, 9.17) is 10.9 Å². The first-order valence-corrected chi connectivity index (χ1v) is 6.09. The Kier molecular flexibility index (Phi) is 18.5. The normalized spacial score (nSPS) is 19.1. The van der Waals surface area contributed by atoms with E-state index in [1.54, 1.807) is 11.8 Å². The van der Waals surface area contributed by atoms with Crippen LogP contribution in [0.3, 0.4) is 0 Å². The minimum Gasteiger partial charge on any atom is -0.395 e. The number of aliphatic hydroxyl groups is 1. The van der Waals surface area contributed by atoms with Crippen molar-refractivity contribution in [1.29, 1.82) is 0 Å². The second kappa shape index (κ2) is 15.6. The number of hydrogen-bond acceptors (Lipinski definition) is 6. The maximum atomic E-state index is 8.50. The maximum Gasteiger partial charge on any atom is 0.0584 e. The molecule has 0 bridgehead atoms. The Morgan fingerprint density at radius 3 is 2.36 bits per heavy atom. The molecule has 6 heteroatoms. The average molecular weight is 224 g/mol. The van der Waals surface area contributed by atoms with Crippen LogP contribution in [0.25, 0.3) is 0 Å². The summed E-state index contributed by atoms with van der Waals surface area (Å²) in [6.45, 7) is 1.39.